The molecule has 0 amide bonds. The van der Waals surface area contributed by atoms with Gasteiger partial charge in [-0.2, -0.15) is 0 Å². The van der Waals surface area contributed by atoms with Crippen LogP contribution in [-0.2, 0) is 19.3 Å². The highest BCUT2D eigenvalue weighted by Gasteiger charge is 2.50. The van der Waals surface area contributed by atoms with Crippen molar-refractivity contribution in [2.75, 3.05) is 0 Å². The molecule has 7 rings (SSSR count). The van der Waals surface area contributed by atoms with E-state index in [2.05, 4.69) is 194 Å². The maximum atomic E-state index is 2.62. The van der Waals surface area contributed by atoms with Crippen molar-refractivity contribution in [3.05, 3.63) is 218 Å². The van der Waals surface area contributed by atoms with Crippen LogP contribution in [0.15, 0.2) is 168 Å². The van der Waals surface area contributed by atoms with Gasteiger partial charge in [-0.05, 0) is 121 Å². The van der Waals surface area contributed by atoms with E-state index in [1.165, 1.54) is 82.4 Å². The van der Waals surface area contributed by atoms with Gasteiger partial charge in [-0.15, -0.1) is 0 Å². The van der Waals surface area contributed by atoms with E-state index >= 15 is 0 Å². The molecule has 0 bridgehead atoms. The lowest BCUT2D eigenvalue weighted by atomic mass is 10.0. The lowest BCUT2D eigenvalue weighted by molar-refractivity contribution is 0.851. The predicted molar refractivity (Wildman–Crippen MR) is 226 cm³/mol. The summed E-state index contributed by atoms with van der Waals surface area (Å²) >= 11 is 0. The van der Waals surface area contributed by atoms with Crippen molar-refractivity contribution >= 4 is 23.6 Å². The van der Waals surface area contributed by atoms with Crippen molar-refractivity contribution in [1.29, 1.82) is 0 Å². The number of rotatable bonds is 10. The number of allylic oxidation sites excluding steroid dienone is 4. The third kappa shape index (κ3) is 6.71. The third-order valence-corrected chi connectivity index (χ3v) is 17.6. The van der Waals surface area contributed by atoms with Gasteiger partial charge in [-0.25, -0.2) is 0 Å². The van der Waals surface area contributed by atoms with Crippen LogP contribution in [0.25, 0.3) is 0 Å². The summed E-state index contributed by atoms with van der Waals surface area (Å²) in [7, 11) is -2.94. The summed E-state index contributed by atoms with van der Waals surface area (Å²) in [4.78, 5) is 0. The molecule has 1 unspecified atom stereocenters. The van der Waals surface area contributed by atoms with Crippen LogP contribution in [0.5, 0.6) is 0 Å². The molecule has 0 nitrogen and oxygen atoms in total. The second-order valence-electron chi connectivity index (χ2n) is 15.3. The molecule has 1 heteroatoms. The van der Waals surface area contributed by atoms with Gasteiger partial charge >= 0.3 is 0 Å². The van der Waals surface area contributed by atoms with Crippen LogP contribution in [0.1, 0.15) is 77.8 Å². The molecule has 0 saturated heterocycles. The Morgan fingerprint density at radius 3 is 1.00 bits per heavy atom. The number of hydrogen-bond donors (Lipinski definition) is 0. The van der Waals surface area contributed by atoms with Crippen molar-refractivity contribution in [1.82, 2.24) is 0 Å². The lowest BCUT2D eigenvalue weighted by Crippen LogP contribution is -2.71. The molecule has 6 aromatic rings. The fraction of sp³-hybridized carbons (Fsp3) is 0.216. The zero-order valence-corrected chi connectivity index (χ0v) is 33.1. The van der Waals surface area contributed by atoms with Gasteiger partial charge in [-0.1, -0.05) is 186 Å². The summed E-state index contributed by atoms with van der Waals surface area (Å²) in [6, 6.07) is 55.2. The third-order valence-electron chi connectivity index (χ3n) is 11.9. The van der Waals surface area contributed by atoms with E-state index in [0.29, 0.717) is 5.92 Å². The maximum Gasteiger partial charge on any atom is 0.177 e. The SMILES string of the molecule is CC1=C(C)C(C)C([Si](c2cc(Cc3ccccc3)ccc2C)(c2cc(Cc3ccccc3)ccc2C)c2cc(Cc3ccccc3)ccc2C)=C1C. The minimum atomic E-state index is -2.94. The zero-order valence-electron chi connectivity index (χ0n) is 32.1. The Bertz CT molecular complexity index is 2050. The quantitative estimate of drug-likeness (QED) is 0.0990. The number of hydrogen-bond acceptors (Lipinski definition) is 0. The van der Waals surface area contributed by atoms with E-state index in [4.69, 9.17) is 0 Å². The molecule has 0 N–H and O–H groups in total. The van der Waals surface area contributed by atoms with E-state index in [9.17, 15) is 0 Å². The molecule has 0 aromatic heterocycles. The van der Waals surface area contributed by atoms with Crippen LogP contribution in [0.4, 0.5) is 0 Å². The van der Waals surface area contributed by atoms with Crippen molar-refractivity contribution < 1.29 is 0 Å². The minimum absolute atomic E-state index is 0.346. The number of benzene rings is 6. The Kier molecular flexibility index (Phi) is 10.2. The topological polar surface area (TPSA) is 0 Å². The Balaban J connectivity index is 1.58. The van der Waals surface area contributed by atoms with Crippen LogP contribution in [0.3, 0.4) is 0 Å². The molecule has 1 aliphatic carbocycles. The molecule has 1 atom stereocenters. The van der Waals surface area contributed by atoms with Crippen LogP contribution in [0, 0.1) is 26.7 Å². The molecule has 0 heterocycles. The first-order chi connectivity index (χ1) is 25.2. The molecule has 0 aliphatic heterocycles. The molecule has 0 radical (unpaired) electrons. The smallest absolute Gasteiger partial charge is 0.0636 e. The molecule has 0 fully saturated rings. The van der Waals surface area contributed by atoms with Gasteiger partial charge < -0.3 is 0 Å². The first-order valence-electron chi connectivity index (χ1n) is 19.0. The van der Waals surface area contributed by atoms with Crippen molar-refractivity contribution in [2.45, 2.75) is 67.7 Å². The fourth-order valence-electron chi connectivity index (χ4n) is 8.88. The molecule has 6 aromatic carbocycles. The summed E-state index contributed by atoms with van der Waals surface area (Å²) < 4.78 is 0. The van der Waals surface area contributed by atoms with Gasteiger partial charge in [-0.3, -0.25) is 0 Å². The molecular formula is C51H52Si. The summed E-state index contributed by atoms with van der Waals surface area (Å²) in [6.07, 6.45) is 2.76. The highest BCUT2D eigenvalue weighted by molar-refractivity contribution is 7.17. The molecule has 260 valence electrons. The summed E-state index contributed by atoms with van der Waals surface area (Å²) in [6.45, 7) is 16.8. The molecule has 1 aliphatic rings. The van der Waals surface area contributed by atoms with Crippen LogP contribution >= 0.6 is 0 Å². The van der Waals surface area contributed by atoms with E-state index in [1.54, 1.807) is 5.20 Å². The first-order valence-corrected chi connectivity index (χ1v) is 21.0. The second-order valence-corrected chi connectivity index (χ2v) is 18.9. The second kappa shape index (κ2) is 14.9. The van der Waals surface area contributed by atoms with Gasteiger partial charge in [0.05, 0.1) is 0 Å². The summed E-state index contributed by atoms with van der Waals surface area (Å²) in [5.74, 6) is 0.346. The van der Waals surface area contributed by atoms with Crippen molar-refractivity contribution in [3.63, 3.8) is 0 Å². The normalized spacial score (nSPS) is 14.7. The van der Waals surface area contributed by atoms with Gasteiger partial charge in [0.2, 0.25) is 0 Å². The van der Waals surface area contributed by atoms with Crippen LogP contribution in [0.2, 0.25) is 0 Å². The van der Waals surface area contributed by atoms with Crippen LogP contribution < -0.4 is 15.6 Å². The molecule has 52 heavy (non-hydrogen) atoms. The van der Waals surface area contributed by atoms with Gasteiger partial charge in [0.15, 0.2) is 8.07 Å². The van der Waals surface area contributed by atoms with E-state index < -0.39 is 8.07 Å². The fourth-order valence-corrected chi connectivity index (χ4v) is 15.5. The van der Waals surface area contributed by atoms with Crippen molar-refractivity contribution in [2.24, 2.45) is 5.92 Å². The first kappa shape index (κ1) is 35.4. The average molecular weight is 693 g/mol. The van der Waals surface area contributed by atoms with Crippen molar-refractivity contribution in [3.8, 4) is 0 Å². The van der Waals surface area contributed by atoms with E-state index in [-0.39, 0.29) is 0 Å². The Morgan fingerprint density at radius 2 is 0.712 bits per heavy atom. The summed E-state index contributed by atoms with van der Waals surface area (Å²) in [5.41, 5.74) is 16.8. The monoisotopic (exact) mass is 692 g/mol. The predicted octanol–water partition coefficient (Wildman–Crippen LogP) is 10.7. The largest absolute Gasteiger partial charge is 0.177 e. The van der Waals surface area contributed by atoms with E-state index in [1.807, 2.05) is 0 Å². The highest BCUT2D eigenvalue weighted by atomic mass is 28.3. The Morgan fingerprint density at radius 1 is 0.385 bits per heavy atom. The highest BCUT2D eigenvalue weighted by Crippen LogP contribution is 2.42. The molecular weight excluding hydrogens is 641 g/mol. The Labute approximate surface area is 313 Å². The molecule has 0 saturated carbocycles. The summed E-state index contributed by atoms with van der Waals surface area (Å²) in [5, 5.41) is 6.25. The van der Waals surface area contributed by atoms with Gasteiger partial charge in [0.1, 0.15) is 0 Å². The van der Waals surface area contributed by atoms with E-state index in [0.717, 1.165) is 19.3 Å². The minimum Gasteiger partial charge on any atom is -0.0636 e. The van der Waals surface area contributed by atoms with Gasteiger partial charge in [0, 0.05) is 0 Å². The zero-order chi connectivity index (χ0) is 36.4. The lowest BCUT2D eigenvalue weighted by Gasteiger charge is -2.42. The van der Waals surface area contributed by atoms with Gasteiger partial charge in [0.25, 0.3) is 0 Å². The number of aryl methyl sites for hydroxylation is 3. The average Bonchev–Trinajstić information content (AvgIpc) is 3.35. The molecule has 0 spiro atoms. The standard InChI is InChI=1S/C51H52Si/c1-35-23-26-45(29-42-17-11-8-12-18-42)32-48(35)52(51-40(6)38(4)39(5)41(51)7,49-33-46(27-24-36(49)2)30-43-19-13-9-14-20-43)50-34-47(28-25-37(50)3)31-44-21-15-10-16-22-44/h8-28,32-34,40H,29-31H2,1-7H3. The van der Waals surface area contributed by atoms with Crippen LogP contribution in [-0.4, -0.2) is 8.07 Å². The Hall–Kier alpha value is -4.98. The maximum absolute atomic E-state index is 2.94.